The highest BCUT2D eigenvalue weighted by atomic mass is 19.4. The molecule has 0 saturated carbocycles. The second-order valence-corrected chi connectivity index (χ2v) is 9.89. The number of halogens is 6. The molecule has 0 aliphatic carbocycles. The maximum Gasteiger partial charge on any atom is 0.426 e. The van der Waals surface area contributed by atoms with Crippen molar-refractivity contribution in [3.8, 4) is 11.6 Å². The van der Waals surface area contributed by atoms with E-state index < -0.39 is 82.9 Å². The van der Waals surface area contributed by atoms with Crippen molar-refractivity contribution in [3.05, 3.63) is 17.5 Å². The molecule has 0 radical (unpaired) electrons. The number of rotatable bonds is 1. The van der Waals surface area contributed by atoms with Crippen molar-refractivity contribution >= 4 is 23.5 Å². The highest BCUT2D eigenvalue weighted by Gasteiger charge is 2.59. The van der Waals surface area contributed by atoms with Gasteiger partial charge in [-0.25, -0.2) is 9.78 Å². The average molecular weight is 568 g/mol. The first-order chi connectivity index (χ1) is 17.7. The topological polar surface area (TPSA) is 134 Å². The molecule has 2 amide bonds. The number of aliphatic hydroxyl groups is 1. The van der Waals surface area contributed by atoms with Crippen LogP contribution in [0.3, 0.4) is 0 Å². The van der Waals surface area contributed by atoms with Gasteiger partial charge in [-0.2, -0.15) is 26.3 Å². The standard InChI is InChI=1S/C22H26F6N6O5/c1-19(2,3)39-18(36)29-12-10-11(21(23,24)25)15-30-14(12)16-31-32-17(38-16)20(37,22(26,27)28)7-6-13(35)33(4)8-9-34(15)5/h10,37H,6-9H2,1-5H3,(H,29,36). The van der Waals surface area contributed by atoms with Crippen molar-refractivity contribution in [1.29, 1.82) is 0 Å². The van der Waals surface area contributed by atoms with Gasteiger partial charge in [0.15, 0.2) is 5.69 Å². The quantitative estimate of drug-likeness (QED) is 0.491. The Morgan fingerprint density at radius 3 is 2.28 bits per heavy atom. The summed E-state index contributed by atoms with van der Waals surface area (Å²) in [6.07, 6.45) is -13.5. The molecule has 1 unspecified atom stereocenters. The van der Waals surface area contributed by atoms with Crippen molar-refractivity contribution in [1.82, 2.24) is 20.1 Å². The number of ether oxygens (including phenoxy) is 1. The largest absolute Gasteiger partial charge is 0.444 e. The summed E-state index contributed by atoms with van der Waals surface area (Å²) in [5.74, 6) is -3.71. The number of likely N-dealkylation sites (N-methyl/N-ethyl adjacent to an activating group) is 2. The Balaban J connectivity index is 2.28. The molecule has 4 bridgehead atoms. The monoisotopic (exact) mass is 568 g/mol. The second-order valence-electron chi connectivity index (χ2n) is 9.89. The van der Waals surface area contributed by atoms with Crippen LogP contribution in [0.5, 0.6) is 0 Å². The third-order valence-corrected chi connectivity index (χ3v) is 5.65. The molecule has 1 aliphatic rings. The Labute approximate surface area is 218 Å². The van der Waals surface area contributed by atoms with Crippen LogP contribution >= 0.6 is 0 Å². The van der Waals surface area contributed by atoms with E-state index in [9.17, 15) is 41.0 Å². The van der Waals surface area contributed by atoms with Crippen LogP contribution in [0, 0.1) is 0 Å². The van der Waals surface area contributed by atoms with E-state index in [0.717, 1.165) is 9.80 Å². The first-order valence-electron chi connectivity index (χ1n) is 11.4. The molecule has 39 heavy (non-hydrogen) atoms. The molecule has 0 spiro atoms. The van der Waals surface area contributed by atoms with Gasteiger partial charge in [0.1, 0.15) is 17.0 Å². The van der Waals surface area contributed by atoms with Gasteiger partial charge in [-0.3, -0.25) is 10.1 Å². The lowest BCUT2D eigenvalue weighted by Gasteiger charge is -2.29. The molecular formula is C22H26F6N6O5. The predicted molar refractivity (Wildman–Crippen MR) is 122 cm³/mol. The summed E-state index contributed by atoms with van der Waals surface area (Å²) in [6.45, 7) is 4.09. The maximum absolute atomic E-state index is 14.1. The normalized spacial score (nSPS) is 19.5. The van der Waals surface area contributed by atoms with E-state index in [1.54, 1.807) is 0 Å². The van der Waals surface area contributed by atoms with Gasteiger partial charge in [-0.1, -0.05) is 0 Å². The summed E-state index contributed by atoms with van der Waals surface area (Å²) >= 11 is 0. The van der Waals surface area contributed by atoms with Gasteiger partial charge < -0.3 is 24.1 Å². The van der Waals surface area contributed by atoms with Crippen molar-refractivity contribution in [2.24, 2.45) is 0 Å². The van der Waals surface area contributed by atoms with Gasteiger partial charge in [0.05, 0.1) is 5.69 Å². The number of fused-ring (bicyclic) bond motifs is 5. The van der Waals surface area contributed by atoms with E-state index >= 15 is 0 Å². The Hall–Kier alpha value is -3.63. The lowest BCUT2D eigenvalue weighted by atomic mass is 9.96. The van der Waals surface area contributed by atoms with Crippen molar-refractivity contribution in [2.45, 2.75) is 57.2 Å². The molecule has 1 atom stereocenters. The number of hydrogen-bond donors (Lipinski definition) is 2. The van der Waals surface area contributed by atoms with Gasteiger partial charge >= 0.3 is 18.4 Å². The second kappa shape index (κ2) is 10.2. The smallest absolute Gasteiger partial charge is 0.426 e. The van der Waals surface area contributed by atoms with E-state index in [-0.39, 0.29) is 13.1 Å². The van der Waals surface area contributed by atoms with Gasteiger partial charge in [0.2, 0.25) is 11.5 Å². The molecule has 17 heteroatoms. The minimum Gasteiger partial charge on any atom is -0.444 e. The van der Waals surface area contributed by atoms with Gasteiger partial charge in [-0.15, -0.1) is 10.2 Å². The molecule has 11 nitrogen and oxygen atoms in total. The third kappa shape index (κ3) is 6.51. The van der Waals surface area contributed by atoms with E-state index in [0.29, 0.717) is 6.07 Å². The third-order valence-electron chi connectivity index (χ3n) is 5.65. The number of hydrogen-bond acceptors (Lipinski definition) is 9. The summed E-state index contributed by atoms with van der Waals surface area (Å²) in [4.78, 5) is 30.8. The Morgan fingerprint density at radius 1 is 1.10 bits per heavy atom. The molecule has 2 aromatic heterocycles. The molecule has 3 heterocycles. The number of alkyl halides is 6. The van der Waals surface area contributed by atoms with Gasteiger partial charge in [-0.05, 0) is 26.8 Å². The summed E-state index contributed by atoms with van der Waals surface area (Å²) in [6, 6.07) is 0.499. The number of anilines is 2. The number of carbonyl (C=O) groups is 2. The zero-order chi connectivity index (χ0) is 29.6. The van der Waals surface area contributed by atoms with E-state index in [2.05, 4.69) is 20.5 Å². The summed E-state index contributed by atoms with van der Waals surface area (Å²) in [5, 5.41) is 19.3. The molecule has 1 aliphatic heterocycles. The van der Waals surface area contributed by atoms with Crippen LogP contribution in [0.4, 0.5) is 42.6 Å². The van der Waals surface area contributed by atoms with Crippen molar-refractivity contribution in [2.75, 3.05) is 37.4 Å². The number of carbonyl (C=O) groups excluding carboxylic acids is 2. The van der Waals surface area contributed by atoms with Crippen LogP contribution in [0.2, 0.25) is 0 Å². The Morgan fingerprint density at radius 2 is 1.72 bits per heavy atom. The summed E-state index contributed by atoms with van der Waals surface area (Å²) in [7, 11) is 2.50. The van der Waals surface area contributed by atoms with Crippen LogP contribution in [-0.4, -0.2) is 76.2 Å². The maximum atomic E-state index is 14.1. The molecule has 0 aromatic carbocycles. The predicted octanol–water partition coefficient (Wildman–Crippen LogP) is 3.94. The fraction of sp³-hybridized carbons (Fsp3) is 0.591. The minimum absolute atomic E-state index is 0.190. The first kappa shape index (κ1) is 29.9. The Kier molecular flexibility index (Phi) is 7.80. The van der Waals surface area contributed by atoms with Crippen LogP contribution in [0.25, 0.3) is 11.6 Å². The molecule has 3 rings (SSSR count). The van der Waals surface area contributed by atoms with E-state index in [4.69, 9.17) is 9.15 Å². The number of nitrogens with zero attached hydrogens (tertiary/aromatic N) is 5. The van der Waals surface area contributed by atoms with Gasteiger partial charge in [0, 0.05) is 40.0 Å². The summed E-state index contributed by atoms with van der Waals surface area (Å²) < 4.78 is 94.2. The molecule has 0 fully saturated rings. The summed E-state index contributed by atoms with van der Waals surface area (Å²) in [5.41, 5.74) is -7.39. The van der Waals surface area contributed by atoms with Crippen LogP contribution < -0.4 is 10.2 Å². The molecular weight excluding hydrogens is 542 g/mol. The number of nitrogens with one attached hydrogen (secondary N) is 1. The average Bonchev–Trinajstić information content (AvgIpc) is 3.27. The van der Waals surface area contributed by atoms with E-state index in [1.807, 2.05) is 0 Å². The molecule has 2 N–H and O–H groups in total. The van der Waals surface area contributed by atoms with Gasteiger partial charge in [0.25, 0.3) is 11.8 Å². The lowest BCUT2D eigenvalue weighted by Crippen LogP contribution is -2.44. The molecule has 0 saturated heterocycles. The minimum atomic E-state index is -5.37. The van der Waals surface area contributed by atoms with E-state index in [1.165, 1.54) is 34.9 Å². The lowest BCUT2D eigenvalue weighted by molar-refractivity contribution is -0.277. The molecule has 2 aromatic rings. The highest BCUT2D eigenvalue weighted by molar-refractivity contribution is 5.90. The SMILES string of the molecule is CN1CCN(C)c2nc(c(NC(=O)OC(C)(C)C)cc2C(F)(F)F)-c2nnc(o2)C(O)(C(F)(F)F)CCC1=O. The number of amides is 2. The first-order valence-corrected chi connectivity index (χ1v) is 11.4. The fourth-order valence-electron chi connectivity index (χ4n) is 3.54. The van der Waals surface area contributed by atoms with Crippen LogP contribution in [-0.2, 0) is 21.3 Å². The van der Waals surface area contributed by atoms with Crippen molar-refractivity contribution in [3.63, 3.8) is 0 Å². The van der Waals surface area contributed by atoms with Crippen LogP contribution in [0.15, 0.2) is 10.5 Å². The zero-order valence-electron chi connectivity index (χ0n) is 21.5. The Bertz CT molecular complexity index is 1240. The van der Waals surface area contributed by atoms with Crippen molar-refractivity contribution < 1.29 is 50.2 Å². The number of aromatic nitrogens is 3. The highest BCUT2D eigenvalue weighted by Crippen LogP contribution is 2.44. The fourth-order valence-corrected chi connectivity index (χ4v) is 3.54. The van der Waals surface area contributed by atoms with Crippen LogP contribution in [0.1, 0.15) is 45.1 Å². The zero-order valence-corrected chi connectivity index (χ0v) is 21.5. The molecule has 216 valence electrons. The number of pyridine rings is 1.